The van der Waals surface area contributed by atoms with Gasteiger partial charge < -0.3 is 10.1 Å². The zero-order chi connectivity index (χ0) is 21.7. The molecule has 1 N–H and O–H groups in total. The number of nitrogens with zero attached hydrogens (tertiary/aromatic N) is 2. The van der Waals surface area contributed by atoms with Gasteiger partial charge in [-0.25, -0.2) is 8.42 Å². The number of carbonyl (C=O) groups excluding carboxylic acids is 1. The van der Waals surface area contributed by atoms with Gasteiger partial charge in [0.2, 0.25) is 15.9 Å². The van der Waals surface area contributed by atoms with E-state index in [2.05, 4.69) is 11.4 Å². The molecule has 1 saturated heterocycles. The van der Waals surface area contributed by atoms with Crippen molar-refractivity contribution in [2.45, 2.75) is 31.1 Å². The summed E-state index contributed by atoms with van der Waals surface area (Å²) in [4.78, 5) is 12.9. The lowest BCUT2D eigenvalue weighted by Crippen LogP contribution is -2.43. The van der Waals surface area contributed by atoms with Crippen LogP contribution >= 0.6 is 0 Å². The van der Waals surface area contributed by atoms with E-state index in [4.69, 9.17) is 10.00 Å². The third kappa shape index (κ3) is 4.81. The number of piperidine rings is 1. The first-order chi connectivity index (χ1) is 14.3. The summed E-state index contributed by atoms with van der Waals surface area (Å²) >= 11 is 0. The monoisotopic (exact) mass is 427 g/mol. The number of rotatable bonds is 6. The van der Waals surface area contributed by atoms with Crippen LogP contribution in [-0.4, -0.2) is 38.8 Å². The topological polar surface area (TPSA) is 99.5 Å². The van der Waals surface area contributed by atoms with Crippen LogP contribution in [0, 0.1) is 24.2 Å². The van der Waals surface area contributed by atoms with E-state index < -0.39 is 15.9 Å². The Balaban J connectivity index is 1.70. The third-order valence-electron chi connectivity index (χ3n) is 5.26. The Labute approximate surface area is 177 Å². The second-order valence-corrected chi connectivity index (χ2v) is 9.29. The van der Waals surface area contributed by atoms with Crippen LogP contribution in [0.25, 0.3) is 0 Å². The molecule has 0 saturated carbocycles. The highest BCUT2D eigenvalue weighted by atomic mass is 32.2. The Morgan fingerprint density at radius 1 is 1.27 bits per heavy atom. The highest BCUT2D eigenvalue weighted by Crippen LogP contribution is 2.27. The Kier molecular flexibility index (Phi) is 6.75. The quantitative estimate of drug-likeness (QED) is 0.764. The van der Waals surface area contributed by atoms with Crippen LogP contribution in [0.2, 0.25) is 0 Å². The Morgan fingerprint density at radius 2 is 2.00 bits per heavy atom. The minimum absolute atomic E-state index is 0.145. The Bertz CT molecular complexity index is 1060. The first kappa shape index (κ1) is 21.8. The number of hydrogen-bond donors (Lipinski definition) is 1. The average molecular weight is 428 g/mol. The van der Waals surface area contributed by atoms with Gasteiger partial charge in [0, 0.05) is 18.8 Å². The molecule has 1 atom stereocenters. The van der Waals surface area contributed by atoms with E-state index in [0.717, 1.165) is 11.1 Å². The van der Waals surface area contributed by atoms with Crippen molar-refractivity contribution in [3.8, 4) is 11.8 Å². The molecule has 8 heteroatoms. The predicted molar refractivity (Wildman–Crippen MR) is 114 cm³/mol. The number of methoxy groups -OCH3 is 1. The van der Waals surface area contributed by atoms with E-state index in [1.807, 2.05) is 0 Å². The molecule has 2 aromatic carbocycles. The summed E-state index contributed by atoms with van der Waals surface area (Å²) in [6.45, 7) is 2.33. The molecule has 30 heavy (non-hydrogen) atoms. The van der Waals surface area contributed by atoms with Crippen molar-refractivity contribution in [1.29, 1.82) is 5.26 Å². The van der Waals surface area contributed by atoms with Gasteiger partial charge in [0.25, 0.3) is 0 Å². The lowest BCUT2D eigenvalue weighted by Gasteiger charge is -2.31. The van der Waals surface area contributed by atoms with E-state index in [-0.39, 0.29) is 17.3 Å². The highest BCUT2D eigenvalue weighted by Gasteiger charge is 2.33. The molecule has 1 aliphatic heterocycles. The third-order valence-corrected chi connectivity index (χ3v) is 7.12. The number of carbonyl (C=O) groups is 1. The first-order valence-corrected chi connectivity index (χ1v) is 11.2. The number of sulfonamides is 1. The summed E-state index contributed by atoms with van der Waals surface area (Å²) in [6, 6.07) is 14.0. The SMILES string of the molecule is COc1ccc(S(=O)(=O)N2CCCC(C(=O)Nc3ccc(CC#N)cc3)C2)cc1C. The van der Waals surface area contributed by atoms with E-state index in [0.29, 0.717) is 37.2 Å². The molecule has 7 nitrogen and oxygen atoms in total. The molecule has 158 valence electrons. The van der Waals surface area contributed by atoms with Gasteiger partial charge in [0.15, 0.2) is 0 Å². The van der Waals surface area contributed by atoms with Gasteiger partial charge in [-0.1, -0.05) is 12.1 Å². The second-order valence-electron chi connectivity index (χ2n) is 7.35. The average Bonchev–Trinajstić information content (AvgIpc) is 2.75. The molecule has 1 heterocycles. The van der Waals surface area contributed by atoms with Crippen molar-refractivity contribution in [3.63, 3.8) is 0 Å². The van der Waals surface area contributed by atoms with Crippen molar-refractivity contribution in [3.05, 3.63) is 53.6 Å². The van der Waals surface area contributed by atoms with Gasteiger partial charge in [-0.15, -0.1) is 0 Å². The van der Waals surface area contributed by atoms with Crippen molar-refractivity contribution >= 4 is 21.6 Å². The molecule has 0 radical (unpaired) electrons. The van der Waals surface area contributed by atoms with E-state index >= 15 is 0 Å². The summed E-state index contributed by atoms with van der Waals surface area (Å²) in [6.07, 6.45) is 1.56. The molecular weight excluding hydrogens is 402 g/mol. The standard InChI is InChI=1S/C22H25N3O4S/c1-16-14-20(9-10-21(16)29-2)30(27,28)25-13-3-4-18(15-25)22(26)24-19-7-5-17(6-8-19)11-12-23/h5-10,14,18H,3-4,11,13,15H2,1-2H3,(H,24,26). The van der Waals surface area contributed by atoms with E-state index in [1.54, 1.807) is 50.4 Å². The number of anilines is 1. The number of nitriles is 1. The van der Waals surface area contributed by atoms with Crippen LogP contribution in [0.1, 0.15) is 24.0 Å². The Morgan fingerprint density at radius 3 is 2.63 bits per heavy atom. The van der Waals surface area contributed by atoms with Gasteiger partial charge in [-0.3, -0.25) is 4.79 Å². The van der Waals surface area contributed by atoms with Crippen LogP contribution in [0.4, 0.5) is 5.69 Å². The molecule has 1 amide bonds. The maximum absolute atomic E-state index is 13.1. The van der Waals surface area contributed by atoms with E-state index in [1.165, 1.54) is 10.4 Å². The van der Waals surface area contributed by atoms with Crippen molar-refractivity contribution in [2.24, 2.45) is 5.92 Å². The lowest BCUT2D eigenvalue weighted by molar-refractivity contribution is -0.120. The Hall–Kier alpha value is -2.89. The van der Waals surface area contributed by atoms with Gasteiger partial charge in [-0.05, 0) is 61.2 Å². The van der Waals surface area contributed by atoms with Crippen molar-refractivity contribution in [2.75, 3.05) is 25.5 Å². The summed E-state index contributed by atoms with van der Waals surface area (Å²) in [5.74, 6) is 0.00568. The minimum atomic E-state index is -3.69. The molecule has 0 aromatic heterocycles. The number of hydrogen-bond acceptors (Lipinski definition) is 5. The van der Waals surface area contributed by atoms with Gasteiger partial charge in [-0.2, -0.15) is 9.57 Å². The summed E-state index contributed by atoms with van der Waals surface area (Å²) < 4.78 is 32.8. The van der Waals surface area contributed by atoms with Crippen LogP contribution in [0.5, 0.6) is 5.75 Å². The molecule has 0 bridgehead atoms. The van der Waals surface area contributed by atoms with Gasteiger partial charge >= 0.3 is 0 Å². The molecule has 3 rings (SSSR count). The fraction of sp³-hybridized carbons (Fsp3) is 0.364. The van der Waals surface area contributed by atoms with Crippen LogP contribution < -0.4 is 10.1 Å². The van der Waals surface area contributed by atoms with Crippen LogP contribution in [0.15, 0.2) is 47.4 Å². The first-order valence-electron chi connectivity index (χ1n) is 9.76. The normalized spacial score (nSPS) is 17.2. The molecule has 1 unspecified atom stereocenters. The van der Waals surface area contributed by atoms with Crippen LogP contribution in [-0.2, 0) is 21.2 Å². The highest BCUT2D eigenvalue weighted by molar-refractivity contribution is 7.89. The van der Waals surface area contributed by atoms with Crippen LogP contribution in [0.3, 0.4) is 0 Å². The number of nitrogens with one attached hydrogen (secondary N) is 1. The molecule has 2 aromatic rings. The number of benzene rings is 2. The van der Waals surface area contributed by atoms with E-state index in [9.17, 15) is 13.2 Å². The number of ether oxygens (including phenoxy) is 1. The van der Waals surface area contributed by atoms with Crippen molar-refractivity contribution in [1.82, 2.24) is 4.31 Å². The molecule has 1 fully saturated rings. The number of aryl methyl sites for hydroxylation is 1. The molecule has 1 aliphatic rings. The predicted octanol–water partition coefficient (Wildman–Crippen LogP) is 3.11. The summed E-state index contributed by atoms with van der Waals surface area (Å²) in [7, 11) is -2.15. The molecular formula is C22H25N3O4S. The summed E-state index contributed by atoms with van der Waals surface area (Å²) in [5, 5.41) is 11.6. The minimum Gasteiger partial charge on any atom is -0.496 e. The zero-order valence-electron chi connectivity index (χ0n) is 17.1. The lowest BCUT2D eigenvalue weighted by atomic mass is 9.98. The maximum Gasteiger partial charge on any atom is 0.243 e. The second kappa shape index (κ2) is 9.28. The van der Waals surface area contributed by atoms with Gasteiger partial charge in [0.05, 0.1) is 30.4 Å². The summed E-state index contributed by atoms with van der Waals surface area (Å²) in [5.41, 5.74) is 2.25. The fourth-order valence-corrected chi connectivity index (χ4v) is 5.19. The number of amides is 1. The molecule has 0 aliphatic carbocycles. The smallest absolute Gasteiger partial charge is 0.243 e. The zero-order valence-corrected chi connectivity index (χ0v) is 17.9. The largest absolute Gasteiger partial charge is 0.496 e. The maximum atomic E-state index is 13.1. The molecule has 0 spiro atoms. The fourth-order valence-electron chi connectivity index (χ4n) is 3.58. The van der Waals surface area contributed by atoms with Crippen molar-refractivity contribution < 1.29 is 17.9 Å². The van der Waals surface area contributed by atoms with Gasteiger partial charge in [0.1, 0.15) is 5.75 Å².